The molecule has 2 fully saturated rings. The zero-order valence-electron chi connectivity index (χ0n) is 9.56. The zero-order valence-corrected chi connectivity index (χ0v) is 9.56. The molecule has 17 heavy (non-hydrogen) atoms. The van der Waals surface area contributed by atoms with Crippen LogP contribution in [-0.4, -0.2) is 18.0 Å². The molecule has 2 heterocycles. The van der Waals surface area contributed by atoms with Gasteiger partial charge in [0.05, 0.1) is 12.2 Å². The second-order valence-corrected chi connectivity index (χ2v) is 4.99. The van der Waals surface area contributed by atoms with Gasteiger partial charge in [-0.2, -0.15) is 0 Å². The Kier molecular flexibility index (Phi) is 2.71. The first-order valence-corrected chi connectivity index (χ1v) is 6.15. The average Bonchev–Trinajstić information content (AvgIpc) is 2.90. The lowest BCUT2D eigenvalue weighted by Crippen LogP contribution is -2.26. The molecular formula is C14H15FO2. The Hall–Kier alpha value is -1.22. The molecule has 0 amide bonds. The summed E-state index contributed by atoms with van der Waals surface area (Å²) >= 11 is 0. The predicted molar refractivity (Wildman–Crippen MR) is 61.1 cm³/mol. The van der Waals surface area contributed by atoms with E-state index in [1.54, 1.807) is 12.1 Å². The number of ether oxygens (including phenoxy) is 1. The number of rotatable bonds is 3. The molecule has 2 bridgehead atoms. The SMILES string of the molecule is O=C(Cc1cccc(F)c1)C1CC2CCC1O2. The maximum Gasteiger partial charge on any atom is 0.143 e. The fraction of sp³-hybridized carbons (Fsp3) is 0.500. The molecule has 0 saturated carbocycles. The number of hydrogen-bond donors (Lipinski definition) is 0. The fourth-order valence-corrected chi connectivity index (χ4v) is 2.96. The van der Waals surface area contributed by atoms with Crippen LogP contribution in [0.4, 0.5) is 4.39 Å². The van der Waals surface area contributed by atoms with Gasteiger partial charge in [0.25, 0.3) is 0 Å². The Labute approximate surface area is 99.8 Å². The van der Waals surface area contributed by atoms with Gasteiger partial charge in [-0.25, -0.2) is 4.39 Å². The van der Waals surface area contributed by atoms with E-state index in [0.29, 0.717) is 12.5 Å². The lowest BCUT2D eigenvalue weighted by Gasteiger charge is -2.17. The van der Waals surface area contributed by atoms with E-state index in [-0.39, 0.29) is 23.6 Å². The minimum Gasteiger partial charge on any atom is -0.374 e. The first-order valence-electron chi connectivity index (χ1n) is 6.15. The summed E-state index contributed by atoms with van der Waals surface area (Å²) in [6.45, 7) is 0. The van der Waals surface area contributed by atoms with Gasteiger partial charge in [-0.15, -0.1) is 0 Å². The van der Waals surface area contributed by atoms with Crippen molar-refractivity contribution in [2.24, 2.45) is 5.92 Å². The molecule has 1 aromatic carbocycles. The van der Waals surface area contributed by atoms with Gasteiger partial charge >= 0.3 is 0 Å². The fourth-order valence-electron chi connectivity index (χ4n) is 2.96. The minimum absolute atomic E-state index is 0.0389. The Morgan fingerprint density at radius 1 is 1.41 bits per heavy atom. The van der Waals surface area contributed by atoms with Gasteiger partial charge in [0.2, 0.25) is 0 Å². The highest BCUT2D eigenvalue weighted by Gasteiger charge is 2.43. The average molecular weight is 234 g/mol. The molecule has 0 N–H and O–H groups in total. The smallest absolute Gasteiger partial charge is 0.143 e. The summed E-state index contributed by atoms with van der Waals surface area (Å²) in [5, 5.41) is 0. The Bertz CT molecular complexity index is 444. The first-order chi connectivity index (χ1) is 8.22. The summed E-state index contributed by atoms with van der Waals surface area (Å²) in [6, 6.07) is 6.28. The molecule has 2 aliphatic rings. The topological polar surface area (TPSA) is 26.3 Å². The molecule has 0 spiro atoms. The van der Waals surface area contributed by atoms with Crippen molar-refractivity contribution in [1.29, 1.82) is 0 Å². The molecule has 1 aromatic rings. The van der Waals surface area contributed by atoms with Gasteiger partial charge in [-0.3, -0.25) is 4.79 Å². The van der Waals surface area contributed by atoms with Gasteiger partial charge in [0.15, 0.2) is 0 Å². The van der Waals surface area contributed by atoms with Crippen LogP contribution in [0, 0.1) is 11.7 Å². The van der Waals surface area contributed by atoms with Crippen molar-refractivity contribution in [3.63, 3.8) is 0 Å². The second-order valence-electron chi connectivity index (χ2n) is 4.99. The Balaban J connectivity index is 1.68. The summed E-state index contributed by atoms with van der Waals surface area (Å²) in [6.07, 6.45) is 3.70. The lowest BCUT2D eigenvalue weighted by molar-refractivity contribution is -0.123. The molecule has 90 valence electrons. The number of ketones is 1. The molecular weight excluding hydrogens is 219 g/mol. The third-order valence-corrected chi connectivity index (χ3v) is 3.79. The third kappa shape index (κ3) is 2.12. The van der Waals surface area contributed by atoms with Crippen LogP contribution in [0.1, 0.15) is 24.8 Å². The van der Waals surface area contributed by atoms with Crippen molar-refractivity contribution in [3.8, 4) is 0 Å². The van der Waals surface area contributed by atoms with E-state index < -0.39 is 0 Å². The molecule has 3 rings (SSSR count). The van der Waals surface area contributed by atoms with Crippen LogP contribution in [0.2, 0.25) is 0 Å². The number of carbonyl (C=O) groups is 1. The molecule has 2 aliphatic heterocycles. The summed E-state index contributed by atoms with van der Waals surface area (Å²) in [7, 11) is 0. The number of halogens is 1. The van der Waals surface area contributed by atoms with Crippen LogP contribution < -0.4 is 0 Å². The van der Waals surface area contributed by atoms with Gasteiger partial charge < -0.3 is 4.74 Å². The van der Waals surface area contributed by atoms with Gasteiger partial charge in [-0.05, 0) is 37.0 Å². The zero-order chi connectivity index (χ0) is 11.8. The second kappa shape index (κ2) is 4.22. The number of hydrogen-bond acceptors (Lipinski definition) is 2. The van der Waals surface area contributed by atoms with E-state index in [2.05, 4.69) is 0 Å². The number of carbonyl (C=O) groups excluding carboxylic acids is 1. The standard InChI is InChI=1S/C14H15FO2/c15-10-3-1-2-9(6-10)7-13(16)12-8-11-4-5-14(12)17-11/h1-3,6,11-12,14H,4-5,7-8H2. The Morgan fingerprint density at radius 3 is 2.94 bits per heavy atom. The Morgan fingerprint density at radius 2 is 2.29 bits per heavy atom. The minimum atomic E-state index is -0.278. The quantitative estimate of drug-likeness (QED) is 0.803. The van der Waals surface area contributed by atoms with E-state index in [1.165, 1.54) is 12.1 Å². The predicted octanol–water partition coefficient (Wildman–Crippen LogP) is 2.50. The number of Topliss-reactive ketones (excluding diaryl/α,β-unsaturated/α-hetero) is 1. The maximum absolute atomic E-state index is 13.0. The van der Waals surface area contributed by atoms with E-state index >= 15 is 0 Å². The number of benzene rings is 1. The molecule has 3 heteroatoms. The monoisotopic (exact) mass is 234 g/mol. The van der Waals surface area contributed by atoms with Crippen LogP contribution >= 0.6 is 0 Å². The number of fused-ring (bicyclic) bond motifs is 2. The molecule has 2 saturated heterocycles. The summed E-state index contributed by atoms with van der Waals surface area (Å²) in [4.78, 5) is 12.1. The lowest BCUT2D eigenvalue weighted by atomic mass is 9.84. The van der Waals surface area contributed by atoms with Gasteiger partial charge in [0.1, 0.15) is 11.6 Å². The van der Waals surface area contributed by atoms with Crippen LogP contribution in [0.5, 0.6) is 0 Å². The molecule has 3 atom stereocenters. The van der Waals surface area contributed by atoms with Crippen molar-refractivity contribution in [2.75, 3.05) is 0 Å². The van der Waals surface area contributed by atoms with Crippen molar-refractivity contribution in [1.82, 2.24) is 0 Å². The molecule has 3 unspecified atom stereocenters. The van der Waals surface area contributed by atoms with Crippen molar-refractivity contribution in [3.05, 3.63) is 35.6 Å². The van der Waals surface area contributed by atoms with Crippen molar-refractivity contribution >= 4 is 5.78 Å². The van der Waals surface area contributed by atoms with Crippen LogP contribution in [0.25, 0.3) is 0 Å². The molecule has 0 aromatic heterocycles. The van der Waals surface area contributed by atoms with Gasteiger partial charge in [-0.1, -0.05) is 12.1 Å². The van der Waals surface area contributed by atoms with Crippen LogP contribution in [0.15, 0.2) is 24.3 Å². The summed E-state index contributed by atoms with van der Waals surface area (Å²) in [5.74, 6) is -0.0423. The molecule has 0 radical (unpaired) electrons. The highest BCUT2D eigenvalue weighted by molar-refractivity contribution is 5.84. The van der Waals surface area contributed by atoms with E-state index in [9.17, 15) is 9.18 Å². The first kappa shape index (κ1) is 10.9. The van der Waals surface area contributed by atoms with Crippen molar-refractivity contribution in [2.45, 2.75) is 37.9 Å². The normalized spacial score (nSPS) is 30.8. The van der Waals surface area contributed by atoms with Gasteiger partial charge in [0, 0.05) is 12.3 Å². The van der Waals surface area contributed by atoms with Crippen LogP contribution in [0.3, 0.4) is 0 Å². The maximum atomic E-state index is 13.0. The van der Waals surface area contributed by atoms with E-state index in [1.807, 2.05) is 0 Å². The molecule has 2 nitrogen and oxygen atoms in total. The highest BCUT2D eigenvalue weighted by atomic mass is 19.1. The summed E-state index contributed by atoms with van der Waals surface area (Å²) in [5.41, 5.74) is 0.762. The summed E-state index contributed by atoms with van der Waals surface area (Å²) < 4.78 is 18.7. The third-order valence-electron chi connectivity index (χ3n) is 3.79. The highest BCUT2D eigenvalue weighted by Crippen LogP contribution is 2.39. The van der Waals surface area contributed by atoms with E-state index in [0.717, 1.165) is 24.8 Å². The largest absolute Gasteiger partial charge is 0.374 e. The van der Waals surface area contributed by atoms with Crippen molar-refractivity contribution < 1.29 is 13.9 Å². The van der Waals surface area contributed by atoms with Crippen LogP contribution in [-0.2, 0) is 16.0 Å². The van der Waals surface area contributed by atoms with E-state index in [4.69, 9.17) is 4.74 Å². The molecule has 0 aliphatic carbocycles.